The first kappa shape index (κ1) is 26.5. The van der Waals surface area contributed by atoms with Crippen LogP contribution in [0.5, 0.6) is 11.5 Å². The Labute approximate surface area is 224 Å². The number of hydrogen-bond acceptors (Lipinski definition) is 4. The van der Waals surface area contributed by atoms with E-state index in [4.69, 9.17) is 9.47 Å². The van der Waals surface area contributed by atoms with E-state index in [1.54, 1.807) is 34.1 Å². The standard InChI is InChI=1S/C32H32N2O4/c1-3-37-29-19-11-13-25(23-29)31(35)33(27-15-7-5-8-16-27)21-22-34(28-17-9-6-10-18-28)32(36)26-14-12-20-30(24-26)38-4-2/h5-20,23-24H,3-4,21-22H2,1-2H3. The van der Waals surface area contributed by atoms with Gasteiger partial charge in [-0.05, 0) is 74.5 Å². The van der Waals surface area contributed by atoms with Crippen LogP contribution in [-0.4, -0.2) is 38.1 Å². The van der Waals surface area contributed by atoms with Crippen LogP contribution in [0.25, 0.3) is 0 Å². The zero-order chi connectivity index (χ0) is 26.7. The molecule has 0 atom stereocenters. The molecule has 0 spiro atoms. The lowest BCUT2D eigenvalue weighted by molar-refractivity contribution is 0.0967. The monoisotopic (exact) mass is 508 g/mol. The van der Waals surface area contributed by atoms with E-state index < -0.39 is 0 Å². The summed E-state index contributed by atoms with van der Waals surface area (Å²) in [6.07, 6.45) is 0. The maximum atomic E-state index is 13.8. The Hall–Kier alpha value is -4.58. The number of anilines is 2. The van der Waals surface area contributed by atoms with Gasteiger partial charge in [0.2, 0.25) is 0 Å². The van der Waals surface area contributed by atoms with Gasteiger partial charge in [0.15, 0.2) is 0 Å². The van der Waals surface area contributed by atoms with Crippen molar-refractivity contribution in [1.82, 2.24) is 0 Å². The molecule has 0 bridgehead atoms. The minimum atomic E-state index is -0.170. The number of rotatable bonds is 11. The first-order valence-corrected chi connectivity index (χ1v) is 12.8. The van der Waals surface area contributed by atoms with Crippen LogP contribution < -0.4 is 19.3 Å². The normalized spacial score (nSPS) is 10.5. The number of benzene rings is 4. The van der Waals surface area contributed by atoms with Gasteiger partial charge in [-0.1, -0.05) is 48.5 Å². The molecule has 0 saturated carbocycles. The van der Waals surface area contributed by atoms with Crippen molar-refractivity contribution in [1.29, 1.82) is 0 Å². The molecular formula is C32H32N2O4. The predicted molar refractivity (Wildman–Crippen MR) is 151 cm³/mol. The molecule has 0 aliphatic rings. The number of nitrogens with zero attached hydrogens (tertiary/aromatic N) is 2. The van der Waals surface area contributed by atoms with Crippen molar-refractivity contribution < 1.29 is 19.1 Å². The highest BCUT2D eigenvalue weighted by atomic mass is 16.5. The summed E-state index contributed by atoms with van der Waals surface area (Å²) in [4.78, 5) is 30.9. The first-order chi connectivity index (χ1) is 18.6. The Kier molecular flexibility index (Phi) is 9.13. The Balaban J connectivity index is 1.65. The van der Waals surface area contributed by atoms with E-state index in [1.807, 2.05) is 98.8 Å². The van der Waals surface area contributed by atoms with Gasteiger partial charge in [0.25, 0.3) is 11.8 Å². The van der Waals surface area contributed by atoms with Crippen molar-refractivity contribution in [2.45, 2.75) is 13.8 Å². The Morgan fingerprint density at radius 1 is 0.553 bits per heavy atom. The molecule has 0 aliphatic heterocycles. The molecule has 38 heavy (non-hydrogen) atoms. The summed E-state index contributed by atoms with van der Waals surface area (Å²) in [6.45, 7) is 5.41. The topological polar surface area (TPSA) is 59.1 Å². The molecule has 6 heteroatoms. The molecule has 0 unspecified atom stereocenters. The summed E-state index contributed by atoms with van der Waals surface area (Å²) >= 11 is 0. The van der Waals surface area contributed by atoms with E-state index in [2.05, 4.69) is 0 Å². The van der Waals surface area contributed by atoms with Gasteiger partial charge in [0.05, 0.1) is 13.2 Å². The van der Waals surface area contributed by atoms with Crippen LogP contribution in [0.3, 0.4) is 0 Å². The smallest absolute Gasteiger partial charge is 0.258 e. The fourth-order valence-corrected chi connectivity index (χ4v) is 4.19. The van der Waals surface area contributed by atoms with Gasteiger partial charge in [-0.2, -0.15) is 0 Å². The van der Waals surface area contributed by atoms with Crippen molar-refractivity contribution in [2.75, 3.05) is 36.1 Å². The molecule has 0 radical (unpaired) electrons. The molecule has 4 aromatic carbocycles. The molecule has 0 fully saturated rings. The van der Waals surface area contributed by atoms with E-state index in [1.165, 1.54) is 0 Å². The number of carbonyl (C=O) groups is 2. The highest BCUT2D eigenvalue weighted by Crippen LogP contribution is 2.23. The first-order valence-electron chi connectivity index (χ1n) is 12.8. The van der Waals surface area contributed by atoms with Gasteiger partial charge in [-0.25, -0.2) is 0 Å². The molecule has 2 amide bonds. The van der Waals surface area contributed by atoms with Crippen molar-refractivity contribution in [3.05, 3.63) is 120 Å². The maximum absolute atomic E-state index is 13.8. The summed E-state index contributed by atoms with van der Waals surface area (Å²) in [6, 6.07) is 33.3. The van der Waals surface area contributed by atoms with Gasteiger partial charge < -0.3 is 19.3 Å². The zero-order valence-corrected chi connectivity index (χ0v) is 21.7. The second-order valence-electron chi connectivity index (χ2n) is 8.51. The number of hydrogen-bond donors (Lipinski definition) is 0. The molecule has 4 rings (SSSR count). The van der Waals surface area contributed by atoms with Crippen molar-refractivity contribution in [3.8, 4) is 11.5 Å². The van der Waals surface area contributed by atoms with Gasteiger partial charge in [0, 0.05) is 35.6 Å². The number of amides is 2. The van der Waals surface area contributed by atoms with Gasteiger partial charge in [-0.3, -0.25) is 9.59 Å². The fraction of sp³-hybridized carbons (Fsp3) is 0.188. The average molecular weight is 509 g/mol. The minimum Gasteiger partial charge on any atom is -0.494 e. The fourth-order valence-electron chi connectivity index (χ4n) is 4.19. The average Bonchev–Trinajstić information content (AvgIpc) is 2.96. The molecule has 4 aromatic rings. The number of ether oxygens (including phenoxy) is 2. The largest absolute Gasteiger partial charge is 0.494 e. The third kappa shape index (κ3) is 6.59. The third-order valence-corrected chi connectivity index (χ3v) is 5.96. The van der Waals surface area contributed by atoms with Gasteiger partial charge in [0.1, 0.15) is 11.5 Å². The van der Waals surface area contributed by atoms with Crippen LogP contribution in [0.1, 0.15) is 34.6 Å². The molecule has 0 aliphatic carbocycles. The van der Waals surface area contributed by atoms with E-state index in [9.17, 15) is 9.59 Å². The van der Waals surface area contributed by atoms with Crippen LogP contribution in [-0.2, 0) is 0 Å². The van der Waals surface area contributed by atoms with Crippen LogP contribution >= 0.6 is 0 Å². The third-order valence-electron chi connectivity index (χ3n) is 5.96. The van der Waals surface area contributed by atoms with E-state index in [0.717, 1.165) is 11.4 Å². The van der Waals surface area contributed by atoms with Crippen molar-refractivity contribution in [3.63, 3.8) is 0 Å². The van der Waals surface area contributed by atoms with Gasteiger partial charge >= 0.3 is 0 Å². The van der Waals surface area contributed by atoms with E-state index in [-0.39, 0.29) is 24.9 Å². The highest BCUT2D eigenvalue weighted by Gasteiger charge is 2.23. The molecule has 0 aromatic heterocycles. The van der Waals surface area contributed by atoms with Crippen molar-refractivity contribution in [2.24, 2.45) is 0 Å². The lowest BCUT2D eigenvalue weighted by Crippen LogP contribution is -2.41. The summed E-state index contributed by atoms with van der Waals surface area (Å²) in [7, 11) is 0. The summed E-state index contributed by atoms with van der Waals surface area (Å²) in [5.41, 5.74) is 2.53. The second kappa shape index (κ2) is 13.1. The summed E-state index contributed by atoms with van der Waals surface area (Å²) < 4.78 is 11.2. The molecule has 0 N–H and O–H groups in total. The van der Waals surface area contributed by atoms with E-state index >= 15 is 0 Å². The Bertz CT molecular complexity index is 1240. The summed E-state index contributed by atoms with van der Waals surface area (Å²) in [5.74, 6) is 0.941. The van der Waals surface area contributed by atoms with Crippen LogP contribution in [0.2, 0.25) is 0 Å². The SMILES string of the molecule is CCOc1cccc(C(=O)N(CCN(C(=O)c2cccc(OCC)c2)c2ccccc2)c2ccccc2)c1. The quantitative estimate of drug-likeness (QED) is 0.233. The summed E-state index contributed by atoms with van der Waals surface area (Å²) in [5, 5.41) is 0. The zero-order valence-electron chi connectivity index (χ0n) is 21.7. The number of carbonyl (C=O) groups excluding carboxylic acids is 2. The predicted octanol–water partition coefficient (Wildman–Crippen LogP) is 6.48. The Morgan fingerprint density at radius 3 is 1.32 bits per heavy atom. The number of para-hydroxylation sites is 2. The molecule has 0 saturated heterocycles. The Morgan fingerprint density at radius 2 is 0.947 bits per heavy atom. The second-order valence-corrected chi connectivity index (χ2v) is 8.51. The van der Waals surface area contributed by atoms with Crippen molar-refractivity contribution >= 4 is 23.2 Å². The van der Waals surface area contributed by atoms with Crippen LogP contribution in [0, 0.1) is 0 Å². The van der Waals surface area contributed by atoms with Gasteiger partial charge in [-0.15, -0.1) is 0 Å². The van der Waals surface area contributed by atoms with Crippen LogP contribution in [0.15, 0.2) is 109 Å². The molecule has 194 valence electrons. The molecule has 6 nitrogen and oxygen atoms in total. The lowest BCUT2D eigenvalue weighted by Gasteiger charge is -2.28. The maximum Gasteiger partial charge on any atom is 0.258 e. The minimum absolute atomic E-state index is 0.170. The van der Waals surface area contributed by atoms with E-state index in [0.29, 0.717) is 35.8 Å². The lowest BCUT2D eigenvalue weighted by atomic mass is 10.1. The van der Waals surface area contributed by atoms with Crippen LogP contribution in [0.4, 0.5) is 11.4 Å². The highest BCUT2D eigenvalue weighted by molar-refractivity contribution is 6.08. The molecular weight excluding hydrogens is 476 g/mol. The molecule has 0 heterocycles.